The number of rotatable bonds is 13. The second kappa shape index (κ2) is 12.2. The van der Waals surface area contributed by atoms with Gasteiger partial charge >= 0.3 is 0 Å². The van der Waals surface area contributed by atoms with Crippen LogP contribution < -0.4 is 4.74 Å². The van der Waals surface area contributed by atoms with E-state index < -0.39 is 16.6 Å². The van der Waals surface area contributed by atoms with Gasteiger partial charge in [0.1, 0.15) is 5.75 Å². The minimum absolute atomic E-state index is 0.686. The lowest BCUT2D eigenvalue weighted by Gasteiger charge is -2.31. The van der Waals surface area contributed by atoms with Crippen molar-refractivity contribution in [1.82, 2.24) is 0 Å². The van der Waals surface area contributed by atoms with Crippen molar-refractivity contribution in [2.75, 3.05) is 6.61 Å². The molecule has 2 rings (SSSR count). The Kier molecular flexibility index (Phi) is 10.0. The number of benzene rings is 2. The second-order valence-electron chi connectivity index (χ2n) is 9.91. The average molecular weight is 454 g/mol. The van der Waals surface area contributed by atoms with Gasteiger partial charge in [0.25, 0.3) is 0 Å². The van der Waals surface area contributed by atoms with Crippen molar-refractivity contribution < 1.29 is 8.85 Å². The third-order valence-electron chi connectivity index (χ3n) is 5.23. The fourth-order valence-electron chi connectivity index (χ4n) is 3.91. The molecule has 0 heterocycles. The van der Waals surface area contributed by atoms with Gasteiger partial charge in [-0.3, -0.25) is 0 Å². The topological polar surface area (TPSA) is 42.2 Å². The SMILES string of the molecule is C[Si](C)(C)O[Si](C)(C)CCCCCCCCOc1ccc(-c2ccc(C#N)cc2)cc1. The van der Waals surface area contributed by atoms with Crippen molar-refractivity contribution in [2.24, 2.45) is 0 Å². The average Bonchev–Trinajstić information content (AvgIpc) is 2.71. The summed E-state index contributed by atoms with van der Waals surface area (Å²) in [5, 5.41) is 8.90. The number of nitriles is 1. The Morgan fingerprint density at radius 3 is 1.77 bits per heavy atom. The first-order valence-corrected chi connectivity index (χ1v) is 18.1. The van der Waals surface area contributed by atoms with Gasteiger partial charge in [0, 0.05) is 0 Å². The lowest BCUT2D eigenvalue weighted by Crippen LogP contribution is -2.42. The van der Waals surface area contributed by atoms with Gasteiger partial charge in [-0.15, -0.1) is 0 Å². The van der Waals surface area contributed by atoms with Crippen molar-refractivity contribution in [1.29, 1.82) is 5.26 Å². The monoisotopic (exact) mass is 453 g/mol. The molecule has 0 aliphatic carbocycles. The maximum absolute atomic E-state index is 8.90. The predicted octanol–water partition coefficient (Wildman–Crippen LogP) is 8.00. The first-order valence-electron chi connectivity index (χ1n) is 11.6. The highest BCUT2D eigenvalue weighted by Gasteiger charge is 2.28. The van der Waals surface area contributed by atoms with Crippen LogP contribution in [0.25, 0.3) is 11.1 Å². The third kappa shape index (κ3) is 10.3. The van der Waals surface area contributed by atoms with E-state index in [-0.39, 0.29) is 0 Å². The maximum Gasteiger partial charge on any atom is 0.173 e. The summed E-state index contributed by atoms with van der Waals surface area (Å²) in [5.74, 6) is 0.923. The zero-order chi connectivity index (χ0) is 22.7. The van der Waals surface area contributed by atoms with Gasteiger partial charge in [-0.1, -0.05) is 56.4 Å². The molecule has 168 valence electrons. The van der Waals surface area contributed by atoms with E-state index in [1.165, 1.54) is 38.1 Å². The summed E-state index contributed by atoms with van der Waals surface area (Å²) in [5.41, 5.74) is 2.94. The highest BCUT2D eigenvalue weighted by molar-refractivity contribution is 6.84. The Labute approximate surface area is 191 Å². The van der Waals surface area contributed by atoms with Crippen molar-refractivity contribution >= 4 is 16.6 Å². The number of hydrogen-bond donors (Lipinski definition) is 0. The summed E-state index contributed by atoms with van der Waals surface area (Å²) in [6.45, 7) is 12.4. The summed E-state index contributed by atoms with van der Waals surface area (Å²) in [6, 6.07) is 19.3. The van der Waals surface area contributed by atoms with E-state index in [2.05, 4.69) is 50.9 Å². The van der Waals surface area contributed by atoms with Crippen LogP contribution in [0.3, 0.4) is 0 Å². The van der Waals surface area contributed by atoms with Crippen LogP contribution in [0.2, 0.25) is 38.8 Å². The molecular weight excluding hydrogens is 414 g/mol. The van der Waals surface area contributed by atoms with E-state index in [0.717, 1.165) is 29.9 Å². The molecule has 0 bridgehead atoms. The molecular formula is C26H39NO2Si2. The molecule has 0 aliphatic heterocycles. The van der Waals surface area contributed by atoms with Gasteiger partial charge in [-0.05, 0) is 80.6 Å². The van der Waals surface area contributed by atoms with Crippen LogP contribution in [-0.4, -0.2) is 23.2 Å². The molecule has 0 atom stereocenters. The summed E-state index contributed by atoms with van der Waals surface area (Å²) in [7, 11) is -2.86. The van der Waals surface area contributed by atoms with E-state index in [4.69, 9.17) is 14.1 Å². The Morgan fingerprint density at radius 1 is 0.710 bits per heavy atom. The molecule has 0 unspecified atom stereocenters. The van der Waals surface area contributed by atoms with E-state index >= 15 is 0 Å². The first-order chi connectivity index (χ1) is 14.7. The van der Waals surface area contributed by atoms with Crippen LogP contribution in [0.5, 0.6) is 5.75 Å². The van der Waals surface area contributed by atoms with E-state index in [0.29, 0.717) is 5.56 Å². The fourth-order valence-corrected chi connectivity index (χ4v) is 12.1. The first kappa shape index (κ1) is 25.4. The summed E-state index contributed by atoms with van der Waals surface area (Å²) < 4.78 is 12.3. The van der Waals surface area contributed by atoms with Gasteiger partial charge < -0.3 is 8.85 Å². The van der Waals surface area contributed by atoms with Crippen molar-refractivity contribution in [3.05, 3.63) is 54.1 Å². The Morgan fingerprint density at radius 2 is 1.23 bits per heavy atom. The minimum atomic E-state index is -1.46. The van der Waals surface area contributed by atoms with Crippen LogP contribution in [0, 0.1) is 11.3 Å². The summed E-state index contributed by atoms with van der Waals surface area (Å²) in [4.78, 5) is 0. The molecule has 3 nitrogen and oxygen atoms in total. The van der Waals surface area contributed by atoms with E-state index in [1.807, 2.05) is 36.4 Å². The Bertz CT molecular complexity index is 818. The molecule has 0 saturated carbocycles. The Hall–Kier alpha value is -1.88. The van der Waals surface area contributed by atoms with Crippen LogP contribution in [0.15, 0.2) is 48.5 Å². The van der Waals surface area contributed by atoms with Crippen molar-refractivity contribution in [2.45, 2.75) is 77.3 Å². The molecule has 2 aromatic carbocycles. The summed E-state index contributed by atoms with van der Waals surface area (Å²) in [6.07, 6.45) is 7.58. The molecule has 0 aromatic heterocycles. The highest BCUT2D eigenvalue weighted by atomic mass is 28.4. The second-order valence-corrected chi connectivity index (χ2v) is 19.0. The lowest BCUT2D eigenvalue weighted by atomic mass is 10.0. The number of hydrogen-bond acceptors (Lipinski definition) is 3. The lowest BCUT2D eigenvalue weighted by molar-refractivity contribution is 0.304. The quantitative estimate of drug-likeness (QED) is 0.228. The molecule has 0 radical (unpaired) electrons. The standard InChI is InChI=1S/C26H39NO2Si2/c1-30(2,3)29-31(4,5)21-11-9-7-6-8-10-20-28-26-18-16-25(17-19-26)24-14-12-23(22-27)13-15-24/h12-19H,6-11,20-21H2,1-5H3. The molecule has 2 aromatic rings. The molecule has 0 aliphatic rings. The fraction of sp³-hybridized carbons (Fsp3) is 0.500. The minimum Gasteiger partial charge on any atom is -0.494 e. The van der Waals surface area contributed by atoms with Crippen LogP contribution >= 0.6 is 0 Å². The molecule has 31 heavy (non-hydrogen) atoms. The largest absolute Gasteiger partial charge is 0.494 e. The van der Waals surface area contributed by atoms with Crippen molar-refractivity contribution in [3.8, 4) is 22.9 Å². The zero-order valence-corrected chi connectivity index (χ0v) is 22.0. The zero-order valence-electron chi connectivity index (χ0n) is 20.0. The molecule has 0 spiro atoms. The maximum atomic E-state index is 8.90. The van der Waals surface area contributed by atoms with E-state index in [9.17, 15) is 0 Å². The molecule has 0 N–H and O–H groups in total. The van der Waals surface area contributed by atoms with E-state index in [1.54, 1.807) is 0 Å². The summed E-state index contributed by atoms with van der Waals surface area (Å²) >= 11 is 0. The molecule has 0 amide bonds. The van der Waals surface area contributed by atoms with Gasteiger partial charge in [0.15, 0.2) is 16.6 Å². The highest BCUT2D eigenvalue weighted by Crippen LogP contribution is 2.24. The van der Waals surface area contributed by atoms with Crippen LogP contribution in [-0.2, 0) is 4.12 Å². The van der Waals surface area contributed by atoms with Gasteiger partial charge in [0.2, 0.25) is 0 Å². The molecule has 0 fully saturated rings. The number of ether oxygens (including phenoxy) is 1. The normalized spacial score (nSPS) is 11.9. The van der Waals surface area contributed by atoms with Crippen LogP contribution in [0.1, 0.15) is 44.1 Å². The smallest absolute Gasteiger partial charge is 0.173 e. The van der Waals surface area contributed by atoms with Gasteiger partial charge in [-0.25, -0.2) is 0 Å². The van der Waals surface area contributed by atoms with Crippen molar-refractivity contribution in [3.63, 3.8) is 0 Å². The number of unbranched alkanes of at least 4 members (excludes halogenated alkanes) is 5. The Balaban J connectivity index is 1.56. The molecule has 0 saturated heterocycles. The van der Waals surface area contributed by atoms with Gasteiger partial charge in [-0.2, -0.15) is 5.26 Å². The third-order valence-corrected chi connectivity index (χ3v) is 11.4. The molecule has 5 heteroatoms. The van der Waals surface area contributed by atoms with Gasteiger partial charge in [0.05, 0.1) is 18.2 Å². The predicted molar refractivity (Wildman–Crippen MR) is 137 cm³/mol. The van der Waals surface area contributed by atoms with Crippen LogP contribution in [0.4, 0.5) is 0 Å². The number of nitrogens with zero attached hydrogens (tertiary/aromatic N) is 1.